The number of ether oxygens (including phenoxy) is 2. The molecule has 14 heteroatoms. The molecule has 1 aliphatic rings. The van der Waals surface area contributed by atoms with Crippen molar-refractivity contribution in [1.29, 1.82) is 0 Å². The third kappa shape index (κ3) is 8.61. The SMILES string of the molecule is CC(=O)OCOC(=O)N[C@@H](CCCNC(=O)c1cnc(Cl)c(Cl)c1)C(=O)N1CCC(F)(F)C1. The molecule has 0 aliphatic carbocycles. The van der Waals surface area contributed by atoms with Crippen molar-refractivity contribution < 1.29 is 37.4 Å². The summed E-state index contributed by atoms with van der Waals surface area (Å²) in [7, 11) is 0. The van der Waals surface area contributed by atoms with Gasteiger partial charge in [0.2, 0.25) is 12.7 Å². The maximum Gasteiger partial charge on any atom is 0.410 e. The number of rotatable bonds is 9. The van der Waals surface area contributed by atoms with Gasteiger partial charge in [-0.25, -0.2) is 18.6 Å². The number of pyridine rings is 1. The Morgan fingerprint density at radius 1 is 1.27 bits per heavy atom. The molecule has 2 N–H and O–H groups in total. The Labute approximate surface area is 197 Å². The zero-order chi connectivity index (χ0) is 24.6. The van der Waals surface area contributed by atoms with Gasteiger partial charge in [-0.15, -0.1) is 0 Å². The van der Waals surface area contributed by atoms with E-state index in [4.69, 9.17) is 23.2 Å². The molecule has 0 saturated carbocycles. The Bertz CT molecular complexity index is 905. The highest BCUT2D eigenvalue weighted by Gasteiger charge is 2.42. The van der Waals surface area contributed by atoms with Crippen molar-refractivity contribution in [2.24, 2.45) is 0 Å². The van der Waals surface area contributed by atoms with Crippen molar-refractivity contribution in [3.63, 3.8) is 0 Å². The Kier molecular flexibility index (Phi) is 9.59. The largest absolute Gasteiger partial charge is 0.428 e. The second-order valence-corrected chi connectivity index (χ2v) is 7.91. The van der Waals surface area contributed by atoms with Crippen LogP contribution in [0.25, 0.3) is 0 Å². The van der Waals surface area contributed by atoms with Crippen molar-refractivity contribution in [3.8, 4) is 0 Å². The molecule has 182 valence electrons. The highest BCUT2D eigenvalue weighted by molar-refractivity contribution is 6.41. The van der Waals surface area contributed by atoms with Crippen molar-refractivity contribution >= 4 is 47.1 Å². The number of amides is 3. The zero-order valence-corrected chi connectivity index (χ0v) is 19.0. The fourth-order valence-electron chi connectivity index (χ4n) is 2.91. The minimum atomic E-state index is -3.00. The lowest BCUT2D eigenvalue weighted by atomic mass is 10.1. The van der Waals surface area contributed by atoms with Gasteiger partial charge in [0.05, 0.1) is 17.1 Å². The molecule has 33 heavy (non-hydrogen) atoms. The van der Waals surface area contributed by atoms with Gasteiger partial charge in [0.25, 0.3) is 11.8 Å². The molecule has 2 heterocycles. The Balaban J connectivity index is 1.91. The second-order valence-electron chi connectivity index (χ2n) is 7.14. The molecule has 1 fully saturated rings. The predicted octanol–water partition coefficient (Wildman–Crippen LogP) is 2.38. The first kappa shape index (κ1) is 26.5. The number of hydrogen-bond acceptors (Lipinski definition) is 7. The molecule has 1 aliphatic heterocycles. The normalized spacial score (nSPS) is 15.5. The first-order chi connectivity index (χ1) is 15.5. The number of carbonyl (C=O) groups is 4. The molecule has 0 bridgehead atoms. The number of hydrogen-bond donors (Lipinski definition) is 2. The molecule has 0 spiro atoms. The van der Waals surface area contributed by atoms with E-state index in [0.717, 1.165) is 11.8 Å². The average Bonchev–Trinajstić information content (AvgIpc) is 3.10. The van der Waals surface area contributed by atoms with Crippen LogP contribution in [-0.2, 0) is 19.1 Å². The maximum absolute atomic E-state index is 13.5. The van der Waals surface area contributed by atoms with Crippen LogP contribution in [0.15, 0.2) is 12.3 Å². The van der Waals surface area contributed by atoms with Crippen LogP contribution in [0, 0.1) is 0 Å². The Morgan fingerprint density at radius 3 is 2.61 bits per heavy atom. The third-order valence-electron chi connectivity index (χ3n) is 4.54. The molecule has 0 unspecified atom stereocenters. The van der Waals surface area contributed by atoms with Gasteiger partial charge in [-0.3, -0.25) is 14.4 Å². The molecule has 2 rings (SSSR count). The van der Waals surface area contributed by atoms with Gasteiger partial charge in [-0.2, -0.15) is 0 Å². The summed E-state index contributed by atoms with van der Waals surface area (Å²) in [6, 6.07) is 0.152. The van der Waals surface area contributed by atoms with Gasteiger partial charge in [0.15, 0.2) is 0 Å². The van der Waals surface area contributed by atoms with Crippen molar-refractivity contribution in [1.82, 2.24) is 20.5 Å². The number of likely N-dealkylation sites (tertiary alicyclic amines) is 1. The molecule has 10 nitrogen and oxygen atoms in total. The van der Waals surface area contributed by atoms with E-state index in [1.165, 1.54) is 12.3 Å². The lowest BCUT2D eigenvalue weighted by Crippen LogP contribution is -2.49. The van der Waals surface area contributed by atoms with Crippen molar-refractivity contribution in [2.45, 2.75) is 38.2 Å². The van der Waals surface area contributed by atoms with E-state index < -0.39 is 55.6 Å². The molecule has 3 amide bonds. The quantitative estimate of drug-likeness (QED) is 0.226. The van der Waals surface area contributed by atoms with E-state index in [1.54, 1.807) is 0 Å². The smallest absolute Gasteiger partial charge is 0.410 e. The van der Waals surface area contributed by atoms with E-state index in [9.17, 15) is 28.0 Å². The highest BCUT2D eigenvalue weighted by atomic mass is 35.5. The standard InChI is InChI=1S/C19H22Cl2F2N4O6/c1-11(28)32-10-33-18(31)26-14(17(30)27-6-4-19(22,23)9-27)3-2-5-24-16(29)12-7-13(20)15(21)25-8-12/h7-8,14H,2-6,9-10H2,1H3,(H,24,29)(H,26,31)/t14-/m0/s1. The minimum absolute atomic E-state index is 0.0173. The van der Waals surface area contributed by atoms with Crippen LogP contribution in [0.4, 0.5) is 13.6 Å². The summed E-state index contributed by atoms with van der Waals surface area (Å²) in [4.78, 5) is 52.3. The number of alkyl halides is 2. The molecule has 0 radical (unpaired) electrons. The van der Waals surface area contributed by atoms with Gasteiger partial charge in [0.1, 0.15) is 11.2 Å². The summed E-state index contributed by atoms with van der Waals surface area (Å²) in [5.41, 5.74) is 0.170. The van der Waals surface area contributed by atoms with E-state index in [1.807, 2.05) is 0 Å². The van der Waals surface area contributed by atoms with Crippen LogP contribution in [0.1, 0.15) is 36.5 Å². The van der Waals surface area contributed by atoms with Gasteiger partial charge in [-0.05, 0) is 18.9 Å². The number of esters is 1. The summed E-state index contributed by atoms with van der Waals surface area (Å²) < 4.78 is 36.1. The average molecular weight is 511 g/mol. The Hall–Kier alpha value is -2.73. The number of aromatic nitrogens is 1. The lowest BCUT2D eigenvalue weighted by molar-refractivity contribution is -0.149. The second kappa shape index (κ2) is 11.9. The number of alkyl carbamates (subject to hydrolysis) is 1. The molecule has 1 atom stereocenters. The summed E-state index contributed by atoms with van der Waals surface area (Å²) >= 11 is 11.5. The van der Waals surface area contributed by atoms with Crippen molar-refractivity contribution in [3.05, 3.63) is 28.0 Å². The molecule has 1 aromatic rings. The lowest BCUT2D eigenvalue weighted by Gasteiger charge is -2.24. The summed E-state index contributed by atoms with van der Waals surface area (Å²) in [6.07, 6.45) is -0.0684. The van der Waals surface area contributed by atoms with Gasteiger partial charge in [-0.1, -0.05) is 23.2 Å². The first-order valence-corrected chi connectivity index (χ1v) is 10.6. The summed E-state index contributed by atoms with van der Waals surface area (Å²) in [5, 5.41) is 5.04. The maximum atomic E-state index is 13.5. The van der Waals surface area contributed by atoms with Gasteiger partial charge in [0, 0.05) is 32.6 Å². The topological polar surface area (TPSA) is 127 Å². The molecule has 1 saturated heterocycles. The van der Waals surface area contributed by atoms with Crippen LogP contribution < -0.4 is 10.6 Å². The fraction of sp³-hybridized carbons (Fsp3) is 0.526. The number of carbonyl (C=O) groups excluding carboxylic acids is 4. The van der Waals surface area contributed by atoms with E-state index in [-0.39, 0.29) is 41.7 Å². The third-order valence-corrected chi connectivity index (χ3v) is 5.22. The zero-order valence-electron chi connectivity index (χ0n) is 17.5. The van der Waals surface area contributed by atoms with Crippen LogP contribution in [0.3, 0.4) is 0 Å². The highest BCUT2D eigenvalue weighted by Crippen LogP contribution is 2.27. The fourth-order valence-corrected chi connectivity index (χ4v) is 3.18. The predicted molar refractivity (Wildman–Crippen MR) is 112 cm³/mol. The number of nitrogens with zero attached hydrogens (tertiary/aromatic N) is 2. The number of halogens is 4. The Morgan fingerprint density at radius 2 is 2.00 bits per heavy atom. The molecule has 0 aromatic carbocycles. The van der Waals surface area contributed by atoms with Crippen LogP contribution in [-0.4, -0.2) is 72.2 Å². The summed E-state index contributed by atoms with van der Waals surface area (Å²) in [5.74, 6) is -4.88. The van der Waals surface area contributed by atoms with Crippen LogP contribution in [0.5, 0.6) is 0 Å². The van der Waals surface area contributed by atoms with Crippen LogP contribution >= 0.6 is 23.2 Å². The number of nitrogens with one attached hydrogen (secondary N) is 2. The molecular formula is C19H22Cl2F2N4O6. The van der Waals surface area contributed by atoms with E-state index >= 15 is 0 Å². The van der Waals surface area contributed by atoms with Crippen molar-refractivity contribution in [2.75, 3.05) is 26.4 Å². The van der Waals surface area contributed by atoms with E-state index in [2.05, 4.69) is 25.1 Å². The van der Waals surface area contributed by atoms with Gasteiger partial charge < -0.3 is 25.0 Å². The van der Waals surface area contributed by atoms with E-state index in [0.29, 0.717) is 0 Å². The summed E-state index contributed by atoms with van der Waals surface area (Å²) in [6.45, 7) is -0.370. The molecule has 1 aromatic heterocycles. The first-order valence-electron chi connectivity index (χ1n) is 9.81. The minimum Gasteiger partial charge on any atom is -0.428 e. The van der Waals surface area contributed by atoms with Gasteiger partial charge >= 0.3 is 12.1 Å². The molecular weight excluding hydrogens is 489 g/mol. The monoisotopic (exact) mass is 510 g/mol. The van der Waals surface area contributed by atoms with Crippen LogP contribution in [0.2, 0.25) is 10.2 Å².